The average molecular weight is 494 g/mol. The smallest absolute Gasteiger partial charge is 0.317 e. The Hall–Kier alpha value is -3.55. The van der Waals surface area contributed by atoms with Gasteiger partial charge in [0.2, 0.25) is 5.91 Å². The average Bonchev–Trinajstić information content (AvgIpc) is 2.83. The van der Waals surface area contributed by atoms with E-state index in [0.717, 1.165) is 30.8 Å². The van der Waals surface area contributed by atoms with Crippen molar-refractivity contribution in [2.45, 2.75) is 46.6 Å². The summed E-state index contributed by atoms with van der Waals surface area (Å²) in [4.78, 5) is 43.7. The Balaban J connectivity index is 1.53. The lowest BCUT2D eigenvalue weighted by atomic mass is 10.1. The van der Waals surface area contributed by atoms with Crippen molar-refractivity contribution in [2.75, 3.05) is 49.5 Å². The fourth-order valence-electron chi connectivity index (χ4n) is 4.10. The number of benzene rings is 2. The van der Waals surface area contributed by atoms with Crippen molar-refractivity contribution in [3.05, 3.63) is 59.7 Å². The number of nitrogens with zero attached hydrogens (tertiary/aromatic N) is 3. The molecule has 0 bridgehead atoms. The van der Waals surface area contributed by atoms with Crippen molar-refractivity contribution in [2.24, 2.45) is 0 Å². The molecule has 0 spiro atoms. The lowest BCUT2D eigenvalue weighted by Gasteiger charge is -2.37. The molecule has 0 unspecified atom stereocenters. The van der Waals surface area contributed by atoms with Crippen LogP contribution in [0.15, 0.2) is 48.5 Å². The molecule has 2 aromatic rings. The third-order valence-electron chi connectivity index (χ3n) is 5.98. The maximum absolute atomic E-state index is 12.9. The Morgan fingerprint density at radius 2 is 1.53 bits per heavy atom. The van der Waals surface area contributed by atoms with Crippen molar-refractivity contribution < 1.29 is 14.4 Å². The van der Waals surface area contributed by atoms with E-state index < -0.39 is 0 Å². The molecule has 2 aromatic carbocycles. The lowest BCUT2D eigenvalue weighted by Crippen LogP contribution is -2.55. The van der Waals surface area contributed by atoms with E-state index in [4.69, 9.17) is 0 Å². The van der Waals surface area contributed by atoms with Gasteiger partial charge in [-0.05, 0) is 70.5 Å². The van der Waals surface area contributed by atoms with Gasteiger partial charge in [0.1, 0.15) is 6.54 Å². The molecule has 0 radical (unpaired) electrons. The van der Waals surface area contributed by atoms with E-state index in [1.54, 1.807) is 17.0 Å². The molecule has 1 aliphatic rings. The number of rotatable bonds is 7. The Kier molecular flexibility index (Phi) is 8.96. The normalized spacial score (nSPS) is 13.8. The number of piperazine rings is 1. The van der Waals surface area contributed by atoms with Gasteiger partial charge in [0, 0.05) is 55.2 Å². The number of carbonyl (C=O) groups excluding carboxylic acids is 3. The van der Waals surface area contributed by atoms with Crippen LogP contribution >= 0.6 is 0 Å². The SMILES string of the molecule is CCCN(CC(=O)Nc1ccc(N2CCN(C(=O)NC(C)(C)C)CC2)cc1)C(=O)c1ccc(C)cc1. The van der Waals surface area contributed by atoms with Gasteiger partial charge in [-0.15, -0.1) is 0 Å². The summed E-state index contributed by atoms with van der Waals surface area (Å²) in [6, 6.07) is 15.1. The molecule has 3 rings (SSSR count). The summed E-state index contributed by atoms with van der Waals surface area (Å²) < 4.78 is 0. The van der Waals surface area contributed by atoms with Gasteiger partial charge in [-0.2, -0.15) is 0 Å². The second-order valence-corrected chi connectivity index (χ2v) is 10.3. The Bertz CT molecular complexity index is 1040. The van der Waals surface area contributed by atoms with Gasteiger partial charge in [0.05, 0.1) is 0 Å². The van der Waals surface area contributed by atoms with Gasteiger partial charge in [-0.1, -0.05) is 24.6 Å². The first-order valence-corrected chi connectivity index (χ1v) is 12.6. The van der Waals surface area contributed by atoms with E-state index in [1.165, 1.54) is 0 Å². The molecule has 0 saturated carbocycles. The summed E-state index contributed by atoms with van der Waals surface area (Å²) >= 11 is 0. The third kappa shape index (κ3) is 7.73. The molecule has 0 aromatic heterocycles. The highest BCUT2D eigenvalue weighted by atomic mass is 16.2. The van der Waals surface area contributed by atoms with E-state index in [-0.39, 0.29) is 29.9 Å². The zero-order valence-corrected chi connectivity index (χ0v) is 22.1. The fraction of sp³-hybridized carbons (Fsp3) is 0.464. The minimum Gasteiger partial charge on any atom is -0.368 e. The summed E-state index contributed by atoms with van der Waals surface area (Å²) in [5, 5.41) is 5.92. The summed E-state index contributed by atoms with van der Waals surface area (Å²) in [6.45, 7) is 13.2. The topological polar surface area (TPSA) is 85.0 Å². The maximum Gasteiger partial charge on any atom is 0.317 e. The third-order valence-corrected chi connectivity index (χ3v) is 5.98. The van der Waals surface area contributed by atoms with E-state index in [1.807, 2.05) is 75.9 Å². The molecule has 1 fully saturated rings. The van der Waals surface area contributed by atoms with Gasteiger partial charge in [-0.3, -0.25) is 9.59 Å². The lowest BCUT2D eigenvalue weighted by molar-refractivity contribution is -0.116. The highest BCUT2D eigenvalue weighted by Crippen LogP contribution is 2.20. The summed E-state index contributed by atoms with van der Waals surface area (Å²) in [5.41, 5.74) is 3.15. The number of aryl methyl sites for hydroxylation is 1. The van der Waals surface area contributed by atoms with Crippen LogP contribution in [0.2, 0.25) is 0 Å². The molecule has 4 amide bonds. The largest absolute Gasteiger partial charge is 0.368 e. The second-order valence-electron chi connectivity index (χ2n) is 10.3. The molecule has 1 heterocycles. The number of nitrogens with one attached hydrogen (secondary N) is 2. The van der Waals surface area contributed by atoms with Crippen molar-refractivity contribution in [1.82, 2.24) is 15.1 Å². The minimum atomic E-state index is -0.254. The first-order valence-electron chi connectivity index (χ1n) is 12.6. The molecule has 0 aliphatic carbocycles. The molecular formula is C28H39N5O3. The summed E-state index contributed by atoms with van der Waals surface area (Å²) in [5.74, 6) is -0.368. The van der Waals surface area contributed by atoms with Crippen molar-refractivity contribution in [1.29, 1.82) is 0 Å². The summed E-state index contributed by atoms with van der Waals surface area (Å²) in [6.07, 6.45) is 0.769. The van der Waals surface area contributed by atoms with Crippen LogP contribution in [0.3, 0.4) is 0 Å². The molecule has 36 heavy (non-hydrogen) atoms. The van der Waals surface area contributed by atoms with Gasteiger partial charge in [0.15, 0.2) is 0 Å². The van der Waals surface area contributed by atoms with E-state index in [9.17, 15) is 14.4 Å². The van der Waals surface area contributed by atoms with E-state index in [0.29, 0.717) is 30.9 Å². The van der Waals surface area contributed by atoms with Crippen LogP contribution in [-0.2, 0) is 4.79 Å². The summed E-state index contributed by atoms with van der Waals surface area (Å²) in [7, 11) is 0. The molecule has 1 aliphatic heterocycles. The Morgan fingerprint density at radius 3 is 2.08 bits per heavy atom. The van der Waals surface area contributed by atoms with Crippen molar-refractivity contribution in [3.63, 3.8) is 0 Å². The van der Waals surface area contributed by atoms with Crippen LogP contribution in [0, 0.1) is 6.92 Å². The number of anilines is 2. The molecule has 194 valence electrons. The Labute approximate surface area is 214 Å². The van der Waals surface area contributed by atoms with E-state index >= 15 is 0 Å². The molecular weight excluding hydrogens is 454 g/mol. The number of urea groups is 1. The monoisotopic (exact) mass is 493 g/mol. The predicted octanol–water partition coefficient (Wildman–Crippen LogP) is 4.12. The van der Waals surface area contributed by atoms with Gasteiger partial charge in [-0.25, -0.2) is 4.79 Å². The molecule has 2 N–H and O–H groups in total. The number of hydrogen-bond acceptors (Lipinski definition) is 4. The standard InChI is InChI=1S/C28H39N5O3/c1-6-15-33(26(35)22-9-7-21(2)8-10-22)20-25(34)29-23-11-13-24(14-12-23)31-16-18-32(19-17-31)27(36)30-28(3,4)5/h7-14H,6,15-20H2,1-5H3,(H,29,34)(H,30,36). The number of amides is 4. The van der Waals surface area contributed by atoms with Crippen molar-refractivity contribution >= 4 is 29.2 Å². The number of hydrogen-bond donors (Lipinski definition) is 2. The fourth-order valence-corrected chi connectivity index (χ4v) is 4.10. The van der Waals surface area contributed by atoms with Crippen LogP contribution in [0.5, 0.6) is 0 Å². The Morgan fingerprint density at radius 1 is 0.917 bits per heavy atom. The van der Waals surface area contributed by atoms with Gasteiger partial charge in [0.25, 0.3) is 5.91 Å². The highest BCUT2D eigenvalue weighted by molar-refractivity contribution is 5.99. The molecule has 0 atom stereocenters. The van der Waals surface area contributed by atoms with E-state index in [2.05, 4.69) is 15.5 Å². The second kappa shape index (κ2) is 11.9. The van der Waals surface area contributed by atoms with Crippen LogP contribution in [0.4, 0.5) is 16.2 Å². The van der Waals surface area contributed by atoms with Crippen LogP contribution in [0.25, 0.3) is 0 Å². The zero-order chi connectivity index (χ0) is 26.3. The molecule has 1 saturated heterocycles. The van der Waals surface area contributed by atoms with Crippen LogP contribution < -0.4 is 15.5 Å². The maximum atomic E-state index is 12.9. The van der Waals surface area contributed by atoms with Gasteiger partial charge < -0.3 is 25.3 Å². The molecule has 8 heteroatoms. The first kappa shape index (κ1) is 27.0. The van der Waals surface area contributed by atoms with Crippen LogP contribution in [-0.4, -0.2) is 72.5 Å². The number of carbonyl (C=O) groups is 3. The van der Waals surface area contributed by atoms with Gasteiger partial charge >= 0.3 is 6.03 Å². The van der Waals surface area contributed by atoms with Crippen molar-refractivity contribution in [3.8, 4) is 0 Å². The molecule has 8 nitrogen and oxygen atoms in total. The first-order chi connectivity index (χ1) is 17.1. The quantitative estimate of drug-likeness (QED) is 0.608. The zero-order valence-electron chi connectivity index (χ0n) is 22.1. The predicted molar refractivity (Wildman–Crippen MR) is 145 cm³/mol. The van der Waals surface area contributed by atoms with Crippen LogP contribution in [0.1, 0.15) is 50.0 Å². The minimum absolute atomic E-state index is 0.000884. The highest BCUT2D eigenvalue weighted by Gasteiger charge is 2.24.